The Morgan fingerprint density at radius 2 is 1.76 bits per heavy atom. The maximum atomic E-state index is 12.0. The zero-order valence-corrected chi connectivity index (χ0v) is 10.9. The molecular weight excluding hydrogens is 278 g/mol. The minimum atomic E-state index is -2.87. The van der Waals surface area contributed by atoms with E-state index in [1.807, 2.05) is 0 Å². The molecule has 0 amide bonds. The van der Waals surface area contributed by atoms with Crippen LogP contribution in [0.1, 0.15) is 15.9 Å². The number of carbonyl (C=O) groups is 1. The van der Waals surface area contributed by atoms with Gasteiger partial charge in [0.05, 0.1) is 5.56 Å². The van der Waals surface area contributed by atoms with E-state index in [0.717, 1.165) is 0 Å². The molecule has 5 heteroatoms. The minimum absolute atomic E-state index is 0.0502. The van der Waals surface area contributed by atoms with Gasteiger partial charge in [-0.05, 0) is 35.9 Å². The number of rotatable bonds is 5. The van der Waals surface area contributed by atoms with Crippen LogP contribution in [0.5, 0.6) is 11.5 Å². The fourth-order valence-corrected chi connectivity index (χ4v) is 1.70. The number of hydrogen-bond donors (Lipinski definition) is 1. The van der Waals surface area contributed by atoms with E-state index in [-0.39, 0.29) is 22.8 Å². The minimum Gasteiger partial charge on any atom is -0.507 e. The van der Waals surface area contributed by atoms with E-state index in [1.54, 1.807) is 24.3 Å². The summed E-state index contributed by atoms with van der Waals surface area (Å²) in [6.45, 7) is -2.87. The first kappa shape index (κ1) is 14.7. The van der Waals surface area contributed by atoms with Crippen molar-refractivity contribution in [2.24, 2.45) is 0 Å². The molecule has 1 N–H and O–H groups in total. The Morgan fingerprint density at radius 1 is 1.10 bits per heavy atom. The van der Waals surface area contributed by atoms with Gasteiger partial charge in [0.2, 0.25) is 0 Å². The lowest BCUT2D eigenvalue weighted by Gasteiger charge is -2.03. The third kappa shape index (κ3) is 4.14. The number of phenolic OH excluding ortho intramolecular Hbond substituents is 1. The summed E-state index contributed by atoms with van der Waals surface area (Å²) in [7, 11) is 0. The highest BCUT2D eigenvalue weighted by atomic mass is 19.3. The quantitative estimate of drug-likeness (QED) is 0.671. The molecule has 0 aromatic heterocycles. The number of phenols is 1. The van der Waals surface area contributed by atoms with Gasteiger partial charge in [-0.15, -0.1) is 0 Å². The summed E-state index contributed by atoms with van der Waals surface area (Å²) in [5.74, 6) is -0.386. The van der Waals surface area contributed by atoms with Gasteiger partial charge in [-0.25, -0.2) is 0 Å². The predicted molar refractivity (Wildman–Crippen MR) is 74.5 cm³/mol. The van der Waals surface area contributed by atoms with Crippen LogP contribution in [0.4, 0.5) is 8.78 Å². The van der Waals surface area contributed by atoms with Crippen molar-refractivity contribution in [3.63, 3.8) is 0 Å². The molecule has 108 valence electrons. The molecule has 0 aliphatic rings. The summed E-state index contributed by atoms with van der Waals surface area (Å²) in [5.41, 5.74) is 0.854. The third-order valence-electron chi connectivity index (χ3n) is 2.70. The summed E-state index contributed by atoms with van der Waals surface area (Å²) >= 11 is 0. The summed E-state index contributed by atoms with van der Waals surface area (Å²) in [6.07, 6.45) is 2.83. The van der Waals surface area contributed by atoms with Crippen LogP contribution in [0.25, 0.3) is 6.08 Å². The lowest BCUT2D eigenvalue weighted by molar-refractivity contribution is -0.0498. The molecule has 0 heterocycles. The van der Waals surface area contributed by atoms with Crippen molar-refractivity contribution in [2.75, 3.05) is 0 Å². The van der Waals surface area contributed by atoms with Crippen LogP contribution in [-0.2, 0) is 0 Å². The maximum Gasteiger partial charge on any atom is 0.387 e. The molecule has 0 aliphatic heterocycles. The van der Waals surface area contributed by atoms with Crippen molar-refractivity contribution in [3.05, 3.63) is 65.7 Å². The summed E-state index contributed by atoms with van der Waals surface area (Å²) in [5, 5.41) is 9.56. The molecule has 0 aliphatic carbocycles. The number of hydrogen-bond acceptors (Lipinski definition) is 3. The number of allylic oxidation sites excluding steroid dienone is 1. The first-order valence-corrected chi connectivity index (χ1v) is 6.11. The van der Waals surface area contributed by atoms with Crippen LogP contribution >= 0.6 is 0 Å². The van der Waals surface area contributed by atoms with E-state index in [1.165, 1.54) is 36.4 Å². The first-order valence-electron chi connectivity index (χ1n) is 6.11. The molecule has 0 bridgehead atoms. The van der Waals surface area contributed by atoms with E-state index in [4.69, 9.17) is 0 Å². The first-order chi connectivity index (χ1) is 10.1. The fourth-order valence-electron chi connectivity index (χ4n) is 1.70. The monoisotopic (exact) mass is 290 g/mol. The topological polar surface area (TPSA) is 46.5 Å². The van der Waals surface area contributed by atoms with Crippen molar-refractivity contribution in [3.8, 4) is 11.5 Å². The van der Waals surface area contributed by atoms with Gasteiger partial charge in [-0.2, -0.15) is 8.78 Å². The molecule has 0 fully saturated rings. The van der Waals surface area contributed by atoms with E-state index in [2.05, 4.69) is 4.74 Å². The van der Waals surface area contributed by atoms with Gasteiger partial charge in [-0.1, -0.05) is 30.3 Å². The highest BCUT2D eigenvalue weighted by Crippen LogP contribution is 2.18. The number of ether oxygens (including phenoxy) is 1. The Balaban J connectivity index is 2.07. The van der Waals surface area contributed by atoms with Gasteiger partial charge in [0.1, 0.15) is 11.5 Å². The molecule has 0 radical (unpaired) electrons. The molecule has 0 saturated carbocycles. The van der Waals surface area contributed by atoms with Gasteiger partial charge in [0, 0.05) is 0 Å². The highest BCUT2D eigenvalue weighted by molar-refractivity contribution is 6.08. The SMILES string of the molecule is O=C(C=Cc1ccc(OC(F)F)cc1)c1ccccc1O. The number of aromatic hydroxyl groups is 1. The van der Waals surface area contributed by atoms with Crippen molar-refractivity contribution in [1.29, 1.82) is 0 Å². The average Bonchev–Trinajstić information content (AvgIpc) is 2.46. The zero-order valence-electron chi connectivity index (χ0n) is 10.9. The second-order valence-corrected chi connectivity index (χ2v) is 4.16. The molecule has 2 rings (SSSR count). The Hall–Kier alpha value is -2.69. The van der Waals surface area contributed by atoms with Crippen LogP contribution in [0, 0.1) is 0 Å². The Bertz CT molecular complexity index is 649. The van der Waals surface area contributed by atoms with Gasteiger partial charge < -0.3 is 9.84 Å². The van der Waals surface area contributed by atoms with Crippen LogP contribution in [-0.4, -0.2) is 17.5 Å². The second kappa shape index (κ2) is 6.65. The number of halogens is 2. The lowest BCUT2D eigenvalue weighted by Crippen LogP contribution is -2.01. The summed E-state index contributed by atoms with van der Waals surface area (Å²) < 4.78 is 28.2. The molecule has 0 spiro atoms. The number of alkyl halides is 2. The van der Waals surface area contributed by atoms with E-state index in [9.17, 15) is 18.7 Å². The number of para-hydroxylation sites is 1. The summed E-state index contributed by atoms with van der Waals surface area (Å²) in [6, 6.07) is 12.1. The molecule has 0 atom stereocenters. The van der Waals surface area contributed by atoms with Crippen molar-refractivity contribution in [1.82, 2.24) is 0 Å². The molecule has 3 nitrogen and oxygen atoms in total. The second-order valence-electron chi connectivity index (χ2n) is 4.16. The predicted octanol–water partition coefficient (Wildman–Crippen LogP) is 3.89. The van der Waals surface area contributed by atoms with Gasteiger partial charge in [0.15, 0.2) is 5.78 Å². The van der Waals surface area contributed by atoms with Crippen molar-refractivity contribution in [2.45, 2.75) is 6.61 Å². The third-order valence-corrected chi connectivity index (χ3v) is 2.70. The molecular formula is C16H12F2O3. The fraction of sp³-hybridized carbons (Fsp3) is 0.0625. The molecule has 2 aromatic carbocycles. The molecule has 2 aromatic rings. The van der Waals surface area contributed by atoms with E-state index >= 15 is 0 Å². The maximum absolute atomic E-state index is 12.0. The van der Waals surface area contributed by atoms with Crippen molar-refractivity contribution < 1.29 is 23.4 Å². The standard InChI is InChI=1S/C16H12F2O3/c17-16(18)21-12-8-5-11(6-9-12)7-10-15(20)13-3-1-2-4-14(13)19/h1-10,16,19H. The Morgan fingerprint density at radius 3 is 2.38 bits per heavy atom. The van der Waals surface area contributed by atoms with Gasteiger partial charge >= 0.3 is 6.61 Å². The Kier molecular flexibility index (Phi) is 4.66. The van der Waals surface area contributed by atoms with Crippen molar-refractivity contribution >= 4 is 11.9 Å². The highest BCUT2D eigenvalue weighted by Gasteiger charge is 2.06. The number of benzene rings is 2. The zero-order chi connectivity index (χ0) is 15.2. The van der Waals surface area contributed by atoms with Gasteiger partial charge in [0.25, 0.3) is 0 Å². The normalized spacial score (nSPS) is 11.0. The van der Waals surface area contributed by atoms with Crippen LogP contribution in [0.15, 0.2) is 54.6 Å². The van der Waals surface area contributed by atoms with E-state index in [0.29, 0.717) is 5.56 Å². The van der Waals surface area contributed by atoms with Crippen LogP contribution in [0.2, 0.25) is 0 Å². The number of carbonyl (C=O) groups excluding carboxylic acids is 1. The van der Waals surface area contributed by atoms with Crippen LogP contribution in [0.3, 0.4) is 0 Å². The summed E-state index contributed by atoms with van der Waals surface area (Å²) in [4.78, 5) is 11.9. The largest absolute Gasteiger partial charge is 0.507 e. The molecule has 0 unspecified atom stereocenters. The molecule has 21 heavy (non-hydrogen) atoms. The van der Waals surface area contributed by atoms with Crippen LogP contribution < -0.4 is 4.74 Å². The smallest absolute Gasteiger partial charge is 0.387 e. The average molecular weight is 290 g/mol. The lowest BCUT2D eigenvalue weighted by atomic mass is 10.1. The molecule has 0 saturated heterocycles. The van der Waals surface area contributed by atoms with Gasteiger partial charge in [-0.3, -0.25) is 4.79 Å². The van der Waals surface area contributed by atoms with E-state index < -0.39 is 6.61 Å². The number of ketones is 1. The Labute approximate surface area is 120 Å².